The van der Waals surface area contributed by atoms with E-state index in [4.69, 9.17) is 17.1 Å². The fourth-order valence-corrected chi connectivity index (χ4v) is 1.93. The first-order valence-corrected chi connectivity index (χ1v) is 7.29. The molecule has 3 nitrogen and oxygen atoms in total. The van der Waals surface area contributed by atoms with Gasteiger partial charge in [-0.2, -0.15) is 4.73 Å². The molecular weight excluding hydrogens is 280 g/mol. The van der Waals surface area contributed by atoms with Crippen LogP contribution < -0.4 is 4.84 Å². The molecule has 0 aliphatic carbocycles. The number of rotatable bonds is 6. The lowest BCUT2D eigenvalue weighted by atomic mass is 10.2. The molecule has 0 saturated heterocycles. The summed E-state index contributed by atoms with van der Waals surface area (Å²) in [4.78, 5) is 10.4. The molecule has 0 N–H and O–H groups in total. The summed E-state index contributed by atoms with van der Waals surface area (Å²) in [6.07, 6.45) is 5.57. The van der Waals surface area contributed by atoms with Gasteiger partial charge in [-0.15, -0.1) is 6.58 Å². The molecule has 21 heavy (non-hydrogen) atoms. The average molecular weight is 298 g/mol. The van der Waals surface area contributed by atoms with Gasteiger partial charge in [-0.3, -0.25) is 0 Å². The second kappa shape index (κ2) is 8.17. The summed E-state index contributed by atoms with van der Waals surface area (Å²) < 4.78 is 2.15. The van der Waals surface area contributed by atoms with E-state index in [0.29, 0.717) is 17.1 Å². The maximum absolute atomic E-state index is 5.85. The fraction of sp³-hybridized carbons (Fsp3) is 0.176. The van der Waals surface area contributed by atoms with Crippen molar-refractivity contribution < 1.29 is 4.84 Å². The smallest absolute Gasteiger partial charge is 0.249 e. The van der Waals surface area contributed by atoms with E-state index in [-0.39, 0.29) is 0 Å². The summed E-state index contributed by atoms with van der Waals surface area (Å²) in [5, 5.41) is 0. The van der Waals surface area contributed by atoms with Crippen LogP contribution in [0.5, 0.6) is 0 Å². The van der Waals surface area contributed by atoms with Crippen LogP contribution in [0.1, 0.15) is 18.4 Å². The predicted molar refractivity (Wildman–Crippen MR) is 89.1 cm³/mol. The van der Waals surface area contributed by atoms with E-state index in [1.54, 1.807) is 10.9 Å². The topological polar surface area (TPSA) is 26.5 Å². The molecule has 0 fully saturated rings. The Balaban J connectivity index is 2.22. The lowest BCUT2D eigenvalue weighted by molar-refractivity contribution is 0.255. The van der Waals surface area contributed by atoms with Gasteiger partial charge in [-0.05, 0) is 37.1 Å². The largest absolute Gasteiger partial charge is 0.354 e. The maximum atomic E-state index is 5.85. The van der Waals surface area contributed by atoms with Crippen LogP contribution in [0.15, 0.2) is 72.4 Å². The summed E-state index contributed by atoms with van der Waals surface area (Å²) in [5.41, 5.74) is 0.932. The standard InChI is InChI=1S/C17H18N2OS/c1-2-3-8-13-18-17(15-10-5-4-6-11-15)20-19-14-9-7-12-16(19)21/h2,4-7,9-12,14H,1,3,8,13H2. The summed E-state index contributed by atoms with van der Waals surface area (Å²) >= 11 is 5.24. The highest BCUT2D eigenvalue weighted by Crippen LogP contribution is 2.03. The molecule has 1 aromatic carbocycles. The Kier molecular flexibility index (Phi) is 5.91. The second-order valence-electron chi connectivity index (χ2n) is 4.44. The van der Waals surface area contributed by atoms with Crippen LogP contribution in [0.3, 0.4) is 0 Å². The molecule has 0 aliphatic heterocycles. The van der Waals surface area contributed by atoms with Crippen molar-refractivity contribution in [3.8, 4) is 0 Å². The van der Waals surface area contributed by atoms with Gasteiger partial charge in [0, 0.05) is 18.3 Å². The van der Waals surface area contributed by atoms with E-state index >= 15 is 0 Å². The van der Waals surface area contributed by atoms with E-state index in [2.05, 4.69) is 11.6 Å². The van der Waals surface area contributed by atoms with Crippen molar-refractivity contribution in [1.29, 1.82) is 0 Å². The molecule has 2 rings (SSSR count). The third-order valence-electron chi connectivity index (χ3n) is 2.82. The van der Waals surface area contributed by atoms with Gasteiger partial charge in [-0.1, -0.05) is 42.6 Å². The first-order chi connectivity index (χ1) is 10.3. The molecule has 0 atom stereocenters. The predicted octanol–water partition coefficient (Wildman–Crippen LogP) is 4.06. The molecule has 0 aliphatic rings. The normalized spacial score (nSPS) is 11.1. The van der Waals surface area contributed by atoms with Crippen LogP contribution in [0.25, 0.3) is 0 Å². The Morgan fingerprint density at radius 2 is 1.95 bits per heavy atom. The minimum Gasteiger partial charge on any atom is -0.354 e. The van der Waals surface area contributed by atoms with E-state index in [1.165, 1.54) is 0 Å². The molecule has 0 bridgehead atoms. The third kappa shape index (κ3) is 4.68. The Hall–Kier alpha value is -2.20. The Morgan fingerprint density at radius 1 is 1.19 bits per heavy atom. The summed E-state index contributed by atoms with van der Waals surface area (Å²) in [7, 11) is 0. The van der Waals surface area contributed by atoms with Crippen LogP contribution in [-0.2, 0) is 0 Å². The second-order valence-corrected chi connectivity index (χ2v) is 4.86. The van der Waals surface area contributed by atoms with Gasteiger partial charge in [0.15, 0.2) is 0 Å². The van der Waals surface area contributed by atoms with E-state index in [9.17, 15) is 0 Å². The van der Waals surface area contributed by atoms with Crippen LogP contribution in [0, 0.1) is 4.64 Å². The lowest BCUT2D eigenvalue weighted by Crippen LogP contribution is -2.21. The van der Waals surface area contributed by atoms with Crippen molar-refractivity contribution in [2.75, 3.05) is 6.54 Å². The number of hydrogen-bond acceptors (Lipinski definition) is 3. The molecule has 0 unspecified atom stereocenters. The summed E-state index contributed by atoms with van der Waals surface area (Å²) in [6.45, 7) is 4.41. The number of nitrogens with zero attached hydrogens (tertiary/aromatic N) is 2. The van der Waals surface area contributed by atoms with E-state index in [1.807, 2.05) is 54.6 Å². The molecule has 4 heteroatoms. The molecule has 0 radical (unpaired) electrons. The van der Waals surface area contributed by atoms with Gasteiger partial charge in [0.25, 0.3) is 0 Å². The van der Waals surface area contributed by atoms with Crippen LogP contribution in [0.4, 0.5) is 0 Å². The van der Waals surface area contributed by atoms with E-state index < -0.39 is 0 Å². The van der Waals surface area contributed by atoms with Gasteiger partial charge in [0.1, 0.15) is 4.64 Å². The number of pyridine rings is 1. The van der Waals surface area contributed by atoms with Crippen molar-refractivity contribution >= 4 is 18.1 Å². The zero-order valence-corrected chi connectivity index (χ0v) is 12.6. The number of benzene rings is 1. The van der Waals surface area contributed by atoms with Crippen LogP contribution in [-0.4, -0.2) is 17.2 Å². The molecule has 0 spiro atoms. The average Bonchev–Trinajstić information content (AvgIpc) is 2.53. The Labute approximate surface area is 130 Å². The van der Waals surface area contributed by atoms with Gasteiger partial charge in [0.2, 0.25) is 5.90 Å². The number of unbranched alkanes of at least 4 members (excludes halogenated alkanes) is 1. The molecule has 1 aromatic heterocycles. The Morgan fingerprint density at radius 3 is 2.67 bits per heavy atom. The number of aromatic nitrogens is 1. The zero-order chi connectivity index (χ0) is 14.9. The van der Waals surface area contributed by atoms with Gasteiger partial charge in [-0.25, -0.2) is 4.99 Å². The highest BCUT2D eigenvalue weighted by Gasteiger charge is 2.06. The third-order valence-corrected chi connectivity index (χ3v) is 3.13. The monoisotopic (exact) mass is 298 g/mol. The molecule has 2 aromatic rings. The van der Waals surface area contributed by atoms with Crippen molar-refractivity contribution in [3.05, 3.63) is 77.6 Å². The number of hydrogen-bond donors (Lipinski definition) is 0. The SMILES string of the molecule is C=CCCCN=C(On1ccccc1=S)c1ccccc1. The minimum absolute atomic E-state index is 0.571. The highest BCUT2D eigenvalue weighted by atomic mass is 32.1. The number of aliphatic imine (C=N–C) groups is 1. The number of allylic oxidation sites excluding steroid dienone is 1. The first-order valence-electron chi connectivity index (χ1n) is 6.88. The van der Waals surface area contributed by atoms with Gasteiger partial charge < -0.3 is 4.84 Å². The molecular formula is C17H18N2OS. The van der Waals surface area contributed by atoms with E-state index in [0.717, 1.165) is 18.4 Å². The van der Waals surface area contributed by atoms with Gasteiger partial charge in [0.05, 0.1) is 0 Å². The van der Waals surface area contributed by atoms with Crippen molar-refractivity contribution in [3.63, 3.8) is 0 Å². The maximum Gasteiger partial charge on any atom is 0.249 e. The minimum atomic E-state index is 0.571. The Bertz CT molecular complexity index is 662. The zero-order valence-electron chi connectivity index (χ0n) is 11.8. The van der Waals surface area contributed by atoms with Crippen LogP contribution >= 0.6 is 12.2 Å². The van der Waals surface area contributed by atoms with Crippen molar-refractivity contribution in [2.45, 2.75) is 12.8 Å². The van der Waals surface area contributed by atoms with Crippen molar-refractivity contribution in [1.82, 2.24) is 4.73 Å². The highest BCUT2D eigenvalue weighted by molar-refractivity contribution is 7.71. The van der Waals surface area contributed by atoms with Crippen molar-refractivity contribution in [2.24, 2.45) is 4.99 Å². The fourth-order valence-electron chi connectivity index (χ4n) is 1.75. The molecule has 0 saturated carbocycles. The summed E-state index contributed by atoms with van der Waals surface area (Å²) in [6, 6.07) is 15.4. The quantitative estimate of drug-likeness (QED) is 0.264. The molecule has 1 heterocycles. The van der Waals surface area contributed by atoms with Crippen LogP contribution in [0.2, 0.25) is 0 Å². The lowest BCUT2D eigenvalue weighted by Gasteiger charge is -2.11. The first kappa shape index (κ1) is 15.2. The molecule has 108 valence electrons. The summed E-state index contributed by atoms with van der Waals surface area (Å²) in [5.74, 6) is 0.571. The molecule has 0 amide bonds. The van der Waals surface area contributed by atoms with Gasteiger partial charge >= 0.3 is 0 Å².